The van der Waals surface area contributed by atoms with Crippen molar-refractivity contribution in [3.63, 3.8) is 0 Å². The lowest BCUT2D eigenvalue weighted by Crippen LogP contribution is -2.34. The lowest BCUT2D eigenvalue weighted by molar-refractivity contribution is 0.446. The average molecular weight is 201 g/mol. The van der Waals surface area contributed by atoms with E-state index in [-0.39, 0.29) is 0 Å². The summed E-state index contributed by atoms with van der Waals surface area (Å²) in [6.07, 6.45) is 4.37. The van der Waals surface area contributed by atoms with Gasteiger partial charge in [-0.2, -0.15) is 5.26 Å². The lowest BCUT2D eigenvalue weighted by Gasteiger charge is -2.32. The van der Waals surface area contributed by atoms with E-state index in [1.54, 1.807) is 12.3 Å². The van der Waals surface area contributed by atoms with Crippen molar-refractivity contribution in [3.8, 4) is 6.07 Å². The predicted octanol–water partition coefficient (Wildman–Crippen LogP) is 2.19. The topological polar surface area (TPSA) is 39.9 Å². The number of anilines is 1. The molecule has 0 unspecified atom stereocenters. The summed E-state index contributed by atoms with van der Waals surface area (Å²) < 4.78 is 0. The van der Waals surface area contributed by atoms with E-state index in [2.05, 4.69) is 16.8 Å². The molecule has 3 heteroatoms. The van der Waals surface area contributed by atoms with E-state index in [4.69, 9.17) is 5.26 Å². The molecule has 1 atom stereocenters. The average Bonchev–Trinajstić information content (AvgIpc) is 2.29. The van der Waals surface area contributed by atoms with Crippen molar-refractivity contribution < 1.29 is 0 Å². The standard InChI is InChI=1S/C12H15N3/c1-10-3-2-6-15(9-10)12-5-4-11(7-13)14-8-12/h4-5,8,10H,2-3,6,9H2,1H3/t10-/m1/s1. The molecule has 0 radical (unpaired) electrons. The van der Waals surface area contributed by atoms with Crippen LogP contribution in [0.1, 0.15) is 25.5 Å². The molecule has 0 saturated carbocycles. The molecule has 1 aromatic heterocycles. The zero-order valence-electron chi connectivity index (χ0n) is 8.98. The highest BCUT2D eigenvalue weighted by molar-refractivity contribution is 5.46. The Balaban J connectivity index is 2.12. The van der Waals surface area contributed by atoms with Gasteiger partial charge in [0.15, 0.2) is 0 Å². The van der Waals surface area contributed by atoms with Gasteiger partial charge >= 0.3 is 0 Å². The molecule has 0 aromatic carbocycles. The molecule has 0 N–H and O–H groups in total. The second-order valence-corrected chi connectivity index (χ2v) is 4.21. The fraction of sp³-hybridized carbons (Fsp3) is 0.500. The molecule has 78 valence electrons. The SMILES string of the molecule is C[C@@H]1CCCN(c2ccc(C#N)nc2)C1. The van der Waals surface area contributed by atoms with Gasteiger partial charge in [0.25, 0.3) is 0 Å². The van der Waals surface area contributed by atoms with Crippen molar-refractivity contribution in [3.05, 3.63) is 24.0 Å². The maximum atomic E-state index is 8.65. The molecule has 1 saturated heterocycles. The van der Waals surface area contributed by atoms with Crippen molar-refractivity contribution in [1.29, 1.82) is 5.26 Å². The number of hydrogen-bond acceptors (Lipinski definition) is 3. The highest BCUT2D eigenvalue weighted by Gasteiger charge is 2.16. The molecule has 1 aromatic rings. The highest BCUT2D eigenvalue weighted by Crippen LogP contribution is 2.21. The number of aromatic nitrogens is 1. The number of pyridine rings is 1. The Kier molecular flexibility index (Phi) is 2.86. The van der Waals surface area contributed by atoms with E-state index in [1.807, 2.05) is 12.1 Å². The van der Waals surface area contributed by atoms with Gasteiger partial charge in [-0.05, 0) is 30.9 Å². The van der Waals surface area contributed by atoms with E-state index in [9.17, 15) is 0 Å². The molecule has 0 amide bonds. The molecule has 2 heterocycles. The van der Waals surface area contributed by atoms with Crippen molar-refractivity contribution in [1.82, 2.24) is 4.98 Å². The van der Waals surface area contributed by atoms with Crippen molar-refractivity contribution in [2.75, 3.05) is 18.0 Å². The minimum atomic E-state index is 0.490. The van der Waals surface area contributed by atoms with Crippen LogP contribution in [0.3, 0.4) is 0 Å². The van der Waals surface area contributed by atoms with Crippen LogP contribution in [0, 0.1) is 17.2 Å². The first-order valence-electron chi connectivity index (χ1n) is 5.40. The molecule has 15 heavy (non-hydrogen) atoms. The quantitative estimate of drug-likeness (QED) is 0.699. The maximum absolute atomic E-state index is 8.65. The Bertz CT molecular complexity index is 363. The van der Waals surface area contributed by atoms with Crippen LogP contribution < -0.4 is 4.90 Å². The Morgan fingerprint density at radius 2 is 2.40 bits per heavy atom. The van der Waals surface area contributed by atoms with Gasteiger partial charge in [-0.15, -0.1) is 0 Å². The van der Waals surface area contributed by atoms with Crippen LogP contribution in [0.4, 0.5) is 5.69 Å². The van der Waals surface area contributed by atoms with Gasteiger partial charge in [0.1, 0.15) is 11.8 Å². The number of piperidine rings is 1. The summed E-state index contributed by atoms with van der Waals surface area (Å²) in [4.78, 5) is 6.44. The normalized spacial score (nSPS) is 21.1. The molecular weight excluding hydrogens is 186 g/mol. The van der Waals surface area contributed by atoms with Crippen molar-refractivity contribution in [2.45, 2.75) is 19.8 Å². The zero-order valence-corrected chi connectivity index (χ0v) is 8.98. The Labute approximate surface area is 90.4 Å². The minimum Gasteiger partial charge on any atom is -0.370 e. The lowest BCUT2D eigenvalue weighted by atomic mass is 10.00. The first-order valence-corrected chi connectivity index (χ1v) is 5.40. The number of rotatable bonds is 1. The summed E-state index contributed by atoms with van der Waals surface area (Å²) in [7, 11) is 0. The number of nitrogens with zero attached hydrogens (tertiary/aromatic N) is 3. The molecule has 1 fully saturated rings. The molecule has 2 rings (SSSR count). The van der Waals surface area contributed by atoms with Crippen LogP contribution in [-0.2, 0) is 0 Å². The van der Waals surface area contributed by atoms with E-state index in [0.717, 1.165) is 24.7 Å². The summed E-state index contributed by atoms with van der Waals surface area (Å²) >= 11 is 0. The van der Waals surface area contributed by atoms with E-state index in [1.165, 1.54) is 12.8 Å². The summed E-state index contributed by atoms with van der Waals surface area (Å²) in [5, 5.41) is 8.65. The second-order valence-electron chi connectivity index (χ2n) is 4.21. The third-order valence-corrected chi connectivity index (χ3v) is 2.88. The summed E-state index contributed by atoms with van der Waals surface area (Å²) in [5.41, 5.74) is 1.63. The fourth-order valence-electron chi connectivity index (χ4n) is 2.06. The minimum absolute atomic E-state index is 0.490. The van der Waals surface area contributed by atoms with Gasteiger partial charge in [-0.1, -0.05) is 6.92 Å². The number of nitriles is 1. The van der Waals surface area contributed by atoms with Crippen LogP contribution in [-0.4, -0.2) is 18.1 Å². The van der Waals surface area contributed by atoms with Gasteiger partial charge in [0, 0.05) is 13.1 Å². The van der Waals surface area contributed by atoms with Gasteiger partial charge in [0.05, 0.1) is 11.9 Å². The number of hydrogen-bond donors (Lipinski definition) is 0. The van der Waals surface area contributed by atoms with E-state index in [0.29, 0.717) is 5.69 Å². The Hall–Kier alpha value is -1.56. The van der Waals surface area contributed by atoms with Gasteiger partial charge in [-0.3, -0.25) is 0 Å². The first-order chi connectivity index (χ1) is 7.29. The zero-order chi connectivity index (χ0) is 10.7. The molecular formula is C12H15N3. The summed E-state index contributed by atoms with van der Waals surface area (Å²) in [6, 6.07) is 5.81. The first kappa shape index (κ1) is 9.97. The third kappa shape index (κ3) is 2.27. The highest BCUT2D eigenvalue weighted by atomic mass is 15.1. The predicted molar refractivity (Wildman–Crippen MR) is 59.6 cm³/mol. The summed E-state index contributed by atoms with van der Waals surface area (Å²) in [5.74, 6) is 0.759. The van der Waals surface area contributed by atoms with E-state index < -0.39 is 0 Å². The monoisotopic (exact) mass is 201 g/mol. The molecule has 1 aliphatic heterocycles. The van der Waals surface area contributed by atoms with Crippen LogP contribution >= 0.6 is 0 Å². The van der Waals surface area contributed by atoms with Crippen LogP contribution in [0.5, 0.6) is 0 Å². The summed E-state index contributed by atoms with van der Waals surface area (Å²) in [6.45, 7) is 4.49. The van der Waals surface area contributed by atoms with Crippen molar-refractivity contribution in [2.24, 2.45) is 5.92 Å². The second kappa shape index (κ2) is 4.31. The van der Waals surface area contributed by atoms with Crippen molar-refractivity contribution >= 4 is 5.69 Å². The van der Waals surface area contributed by atoms with E-state index >= 15 is 0 Å². The van der Waals surface area contributed by atoms with Crippen LogP contribution in [0.2, 0.25) is 0 Å². The molecule has 0 bridgehead atoms. The fourth-order valence-corrected chi connectivity index (χ4v) is 2.06. The van der Waals surface area contributed by atoms with Crippen LogP contribution in [0.15, 0.2) is 18.3 Å². The molecule has 0 aliphatic carbocycles. The molecule has 0 spiro atoms. The Morgan fingerprint density at radius 3 is 3.00 bits per heavy atom. The van der Waals surface area contributed by atoms with Gasteiger partial charge < -0.3 is 4.90 Å². The van der Waals surface area contributed by atoms with Gasteiger partial charge in [0.2, 0.25) is 0 Å². The molecule has 1 aliphatic rings. The largest absolute Gasteiger partial charge is 0.370 e. The van der Waals surface area contributed by atoms with Crippen LogP contribution in [0.25, 0.3) is 0 Å². The molecule has 3 nitrogen and oxygen atoms in total. The Morgan fingerprint density at radius 1 is 1.53 bits per heavy atom. The van der Waals surface area contributed by atoms with Gasteiger partial charge in [-0.25, -0.2) is 4.98 Å². The maximum Gasteiger partial charge on any atom is 0.140 e. The third-order valence-electron chi connectivity index (χ3n) is 2.88. The smallest absolute Gasteiger partial charge is 0.140 e.